The second-order valence-corrected chi connectivity index (χ2v) is 9.68. The van der Waals surface area contributed by atoms with E-state index in [0.29, 0.717) is 48.5 Å². The molecule has 2 aromatic heterocycles. The molecule has 4 rings (SSSR count). The molecule has 0 unspecified atom stereocenters. The Bertz CT molecular complexity index is 1140. The minimum Gasteiger partial charge on any atom is -0.361 e. The van der Waals surface area contributed by atoms with E-state index in [1.807, 2.05) is 39.8 Å². The molecule has 2 aliphatic heterocycles. The van der Waals surface area contributed by atoms with E-state index in [0.717, 1.165) is 0 Å². The zero-order chi connectivity index (χ0) is 27.9. The molecule has 12 nitrogen and oxygen atoms in total. The Labute approximate surface area is 241 Å². The van der Waals surface area contributed by atoms with Gasteiger partial charge in [0.15, 0.2) is 11.3 Å². The molecule has 0 atom stereocenters. The normalized spacial score (nSPS) is 16.4. The summed E-state index contributed by atoms with van der Waals surface area (Å²) in [7, 11) is 0. The van der Waals surface area contributed by atoms with Crippen LogP contribution in [0.25, 0.3) is 0 Å². The van der Waals surface area contributed by atoms with E-state index in [4.69, 9.17) is 0 Å². The number of nitrogens with zero attached hydrogens (tertiary/aromatic N) is 2. The summed E-state index contributed by atoms with van der Waals surface area (Å²) in [6, 6.07) is 7.12. The maximum absolute atomic E-state index is 10.9. The van der Waals surface area contributed by atoms with E-state index < -0.39 is 11.3 Å². The molecular formula is C26H32N8O4Ti. The molecule has 39 heavy (non-hydrogen) atoms. The van der Waals surface area contributed by atoms with Crippen LogP contribution in [0.3, 0.4) is 0 Å². The third kappa shape index (κ3) is 6.70. The fourth-order valence-electron chi connectivity index (χ4n) is 4.20. The summed E-state index contributed by atoms with van der Waals surface area (Å²) in [5.41, 5.74) is -0.655. The fourth-order valence-corrected chi connectivity index (χ4v) is 4.20. The van der Waals surface area contributed by atoms with E-state index in [1.54, 1.807) is 48.8 Å². The van der Waals surface area contributed by atoms with Gasteiger partial charge in [-0.1, -0.05) is 12.2 Å². The number of aromatic amines is 2. The van der Waals surface area contributed by atoms with Crippen LogP contribution >= 0.6 is 0 Å². The number of amides is 4. The van der Waals surface area contributed by atoms with Gasteiger partial charge in [0.2, 0.25) is 25.6 Å². The number of carbonyl (C=O) groups is 4. The number of nitrogens with one attached hydrogen (secondary N) is 6. The summed E-state index contributed by atoms with van der Waals surface area (Å²) in [6.07, 6.45) is 13.0. The first kappa shape index (κ1) is 31.2. The summed E-state index contributed by atoms with van der Waals surface area (Å²) < 4.78 is 0. The van der Waals surface area contributed by atoms with E-state index in [-0.39, 0.29) is 32.8 Å². The van der Waals surface area contributed by atoms with Crippen molar-refractivity contribution in [3.05, 3.63) is 72.4 Å². The number of H-pyrrole nitrogens is 2. The number of aliphatic imine (C=N–C) groups is 2. The zero-order valence-corrected chi connectivity index (χ0v) is 23.7. The SMILES string of the molecule is CC1(C)C=CC(C(NC=O)(NC=O)c2ccc[nH]2)=N1.CC1(C)C=CC(C(NC=O)(NC=O)c2ccc[nH]2)=N1.[Ti]. The Hall–Kier alpha value is -4.03. The molecule has 0 radical (unpaired) electrons. The van der Waals surface area contributed by atoms with Gasteiger partial charge in [0, 0.05) is 34.1 Å². The monoisotopic (exact) mass is 568 g/mol. The third-order valence-corrected chi connectivity index (χ3v) is 5.99. The van der Waals surface area contributed by atoms with Crippen molar-refractivity contribution in [2.75, 3.05) is 0 Å². The van der Waals surface area contributed by atoms with E-state index in [9.17, 15) is 19.2 Å². The van der Waals surface area contributed by atoms with Gasteiger partial charge in [-0.15, -0.1) is 0 Å². The number of aromatic nitrogens is 2. The molecule has 0 fully saturated rings. The minimum atomic E-state index is -1.17. The average molecular weight is 568 g/mol. The van der Waals surface area contributed by atoms with E-state index in [1.165, 1.54) is 0 Å². The van der Waals surface area contributed by atoms with Gasteiger partial charge in [0.1, 0.15) is 0 Å². The molecule has 204 valence electrons. The second-order valence-electron chi connectivity index (χ2n) is 9.68. The van der Waals surface area contributed by atoms with Gasteiger partial charge in [-0.25, -0.2) is 0 Å². The molecule has 4 heterocycles. The summed E-state index contributed by atoms with van der Waals surface area (Å²) >= 11 is 0. The summed E-state index contributed by atoms with van der Waals surface area (Å²) in [5.74, 6) is 0. The standard InChI is InChI=1S/2C13H16N4O2.Ti/c2*1-12(2)6-5-11(17-12)13(15-8-18,16-9-19)10-4-3-7-14-10;/h2*3-9,14H,1-2H3,(H,15,18)(H,16,19);. The number of rotatable bonds is 12. The largest absolute Gasteiger partial charge is 0.361 e. The third-order valence-electron chi connectivity index (χ3n) is 5.99. The van der Waals surface area contributed by atoms with Crippen LogP contribution in [-0.4, -0.2) is 58.1 Å². The molecule has 0 spiro atoms. The van der Waals surface area contributed by atoms with Crippen molar-refractivity contribution < 1.29 is 40.9 Å². The topological polar surface area (TPSA) is 173 Å². The summed E-state index contributed by atoms with van der Waals surface area (Å²) in [6.45, 7) is 7.77. The molecule has 13 heteroatoms. The van der Waals surface area contributed by atoms with Crippen molar-refractivity contribution in [2.45, 2.75) is 50.1 Å². The van der Waals surface area contributed by atoms with Crippen molar-refractivity contribution in [1.82, 2.24) is 31.2 Å². The van der Waals surface area contributed by atoms with Crippen LogP contribution in [0.2, 0.25) is 0 Å². The molecule has 6 N–H and O–H groups in total. The second kappa shape index (κ2) is 12.7. The number of carbonyl (C=O) groups excluding carboxylic acids is 4. The molecule has 0 bridgehead atoms. The first-order chi connectivity index (χ1) is 18.1. The Morgan fingerprint density at radius 3 is 1.21 bits per heavy atom. The van der Waals surface area contributed by atoms with Gasteiger partial charge in [-0.2, -0.15) is 0 Å². The van der Waals surface area contributed by atoms with Gasteiger partial charge < -0.3 is 31.2 Å². The predicted molar refractivity (Wildman–Crippen MR) is 143 cm³/mol. The molecule has 0 saturated carbocycles. The molecular weight excluding hydrogens is 536 g/mol. The van der Waals surface area contributed by atoms with Crippen LogP contribution in [0.5, 0.6) is 0 Å². The predicted octanol–water partition coefficient (Wildman–Crippen LogP) is 0.895. The van der Waals surface area contributed by atoms with Crippen LogP contribution in [-0.2, 0) is 52.2 Å². The van der Waals surface area contributed by atoms with Crippen LogP contribution < -0.4 is 21.3 Å². The van der Waals surface area contributed by atoms with Gasteiger partial charge in [0.25, 0.3) is 0 Å². The molecule has 2 aromatic rings. The average Bonchev–Trinajstić information content (AvgIpc) is 3.67. The maximum atomic E-state index is 10.9. The van der Waals surface area contributed by atoms with Gasteiger partial charge in [-0.05, 0) is 64.1 Å². The smallest absolute Gasteiger partial charge is 0.209 e. The summed E-state index contributed by atoms with van der Waals surface area (Å²) in [5, 5.41) is 10.6. The summed E-state index contributed by atoms with van der Waals surface area (Å²) in [4.78, 5) is 58.8. The first-order valence-corrected chi connectivity index (χ1v) is 11.8. The molecule has 2 aliphatic rings. The quantitative estimate of drug-likeness (QED) is 0.127. The van der Waals surface area contributed by atoms with Crippen molar-refractivity contribution >= 4 is 37.1 Å². The van der Waals surface area contributed by atoms with Crippen LogP contribution in [0.1, 0.15) is 39.1 Å². The van der Waals surface area contributed by atoms with Crippen LogP contribution in [0.15, 0.2) is 70.9 Å². The van der Waals surface area contributed by atoms with E-state index in [2.05, 4.69) is 41.2 Å². The van der Waals surface area contributed by atoms with Gasteiger partial charge >= 0.3 is 0 Å². The first-order valence-electron chi connectivity index (χ1n) is 11.8. The van der Waals surface area contributed by atoms with Crippen molar-refractivity contribution in [1.29, 1.82) is 0 Å². The number of hydrogen-bond acceptors (Lipinski definition) is 6. The minimum absolute atomic E-state index is 0. The molecule has 4 amide bonds. The van der Waals surface area contributed by atoms with Crippen molar-refractivity contribution in [3.8, 4) is 0 Å². The Balaban J connectivity index is 0.000000267. The van der Waals surface area contributed by atoms with E-state index >= 15 is 0 Å². The maximum Gasteiger partial charge on any atom is 0.209 e. The Morgan fingerprint density at radius 2 is 1.00 bits per heavy atom. The Morgan fingerprint density at radius 1 is 0.667 bits per heavy atom. The van der Waals surface area contributed by atoms with Crippen molar-refractivity contribution in [3.63, 3.8) is 0 Å². The fraction of sp³-hybridized carbons (Fsp3) is 0.308. The molecule has 0 aliphatic carbocycles. The van der Waals surface area contributed by atoms with Gasteiger partial charge in [-0.3, -0.25) is 29.2 Å². The Kier molecular flexibility index (Phi) is 10.1. The van der Waals surface area contributed by atoms with Crippen molar-refractivity contribution in [2.24, 2.45) is 9.98 Å². The van der Waals surface area contributed by atoms with Crippen LogP contribution in [0.4, 0.5) is 0 Å². The zero-order valence-electron chi connectivity index (χ0n) is 22.1. The molecule has 0 aromatic carbocycles. The molecule has 0 saturated heterocycles. The van der Waals surface area contributed by atoms with Crippen LogP contribution in [0, 0.1) is 0 Å². The van der Waals surface area contributed by atoms with Gasteiger partial charge in [0.05, 0.1) is 33.9 Å². The number of hydrogen-bond donors (Lipinski definition) is 6.